The highest BCUT2D eigenvalue weighted by molar-refractivity contribution is 9.10. The summed E-state index contributed by atoms with van der Waals surface area (Å²) < 4.78 is 1.12. The topological polar surface area (TPSA) is 24.4 Å². The number of nitrogens with one attached hydrogen (secondary N) is 1. The third-order valence-electron chi connectivity index (χ3n) is 4.18. The molecule has 1 N–H and O–H groups in total. The Kier molecular flexibility index (Phi) is 4.14. The highest BCUT2D eigenvalue weighted by Gasteiger charge is 2.39. The molecule has 0 amide bonds. The molecule has 0 saturated heterocycles. The highest BCUT2D eigenvalue weighted by atomic mass is 79.9. The van der Waals surface area contributed by atoms with Gasteiger partial charge in [-0.2, -0.15) is 0 Å². The molecule has 1 heterocycles. The molecule has 2 nitrogen and oxygen atoms in total. The summed E-state index contributed by atoms with van der Waals surface area (Å²) in [6.45, 7) is 4.48. The fourth-order valence-electron chi connectivity index (χ4n) is 3.34. The van der Waals surface area contributed by atoms with Gasteiger partial charge in [0.1, 0.15) is 0 Å². The lowest BCUT2D eigenvalue weighted by atomic mass is 9.78. The van der Waals surface area contributed by atoms with E-state index >= 15 is 0 Å². The molecule has 1 spiro atoms. The molecule has 2 aliphatic rings. The Balaban J connectivity index is 1.75. The van der Waals surface area contributed by atoms with E-state index in [1.165, 1.54) is 31.2 Å². The van der Waals surface area contributed by atoms with Crippen molar-refractivity contribution in [3.05, 3.63) is 28.2 Å². The van der Waals surface area contributed by atoms with Crippen molar-refractivity contribution in [1.82, 2.24) is 0 Å². The van der Waals surface area contributed by atoms with E-state index in [4.69, 9.17) is 4.99 Å². The van der Waals surface area contributed by atoms with Crippen LogP contribution in [0.25, 0.3) is 0 Å². The quantitative estimate of drug-likeness (QED) is 0.748. The number of hydrogen-bond acceptors (Lipinski definition) is 3. The molecule has 1 fully saturated rings. The van der Waals surface area contributed by atoms with E-state index in [1.807, 2.05) is 11.8 Å². The summed E-state index contributed by atoms with van der Waals surface area (Å²) >= 11 is 5.43. The molecular weight excluding hydrogens is 332 g/mol. The minimum Gasteiger partial charge on any atom is -0.335 e. The summed E-state index contributed by atoms with van der Waals surface area (Å²) in [4.78, 5) is 5.04. The molecular formula is C16H21BrN2S. The van der Waals surface area contributed by atoms with Gasteiger partial charge in [-0.25, -0.2) is 0 Å². The van der Waals surface area contributed by atoms with Gasteiger partial charge in [-0.1, -0.05) is 47.5 Å². The molecule has 1 aliphatic heterocycles. The van der Waals surface area contributed by atoms with E-state index in [0.717, 1.165) is 27.0 Å². The third kappa shape index (κ3) is 3.22. The van der Waals surface area contributed by atoms with Crippen molar-refractivity contribution in [2.45, 2.75) is 45.1 Å². The molecule has 108 valence electrons. The van der Waals surface area contributed by atoms with Gasteiger partial charge in [0.2, 0.25) is 0 Å². The Morgan fingerprint density at radius 3 is 3.00 bits per heavy atom. The number of benzene rings is 1. The van der Waals surface area contributed by atoms with Gasteiger partial charge in [-0.3, -0.25) is 4.99 Å². The largest absolute Gasteiger partial charge is 0.335 e. The standard InChI is InChI=1S/C16H21BrN2S/c1-11-4-3-5-16(9-11)10-20-15(19-16)18-14-7-12(2)6-13(17)8-14/h6-8,11H,3-5,9-10H2,1-2H3,(H,18,19). The van der Waals surface area contributed by atoms with Crippen LogP contribution in [-0.4, -0.2) is 16.5 Å². The van der Waals surface area contributed by atoms with Crippen LogP contribution in [0.5, 0.6) is 0 Å². The number of aryl methyl sites for hydroxylation is 1. The number of anilines is 1. The van der Waals surface area contributed by atoms with Crippen molar-refractivity contribution < 1.29 is 0 Å². The number of thioether (sulfide) groups is 1. The summed E-state index contributed by atoms with van der Waals surface area (Å²) in [5.74, 6) is 1.97. The van der Waals surface area contributed by atoms with E-state index in [2.05, 4.69) is 53.3 Å². The molecule has 1 aromatic rings. The zero-order valence-corrected chi connectivity index (χ0v) is 14.5. The second-order valence-electron chi connectivity index (χ2n) is 6.27. The summed E-state index contributed by atoms with van der Waals surface area (Å²) in [5, 5.41) is 4.59. The number of hydrogen-bond donors (Lipinski definition) is 1. The Labute approximate surface area is 134 Å². The summed E-state index contributed by atoms with van der Waals surface area (Å²) in [7, 11) is 0. The van der Waals surface area contributed by atoms with Crippen molar-refractivity contribution in [3.8, 4) is 0 Å². The Morgan fingerprint density at radius 2 is 2.25 bits per heavy atom. The van der Waals surface area contributed by atoms with Gasteiger partial charge in [0.05, 0.1) is 5.54 Å². The number of halogens is 1. The maximum absolute atomic E-state index is 5.04. The number of rotatable bonds is 1. The zero-order chi connectivity index (χ0) is 14.2. The van der Waals surface area contributed by atoms with Crippen molar-refractivity contribution in [3.63, 3.8) is 0 Å². The maximum Gasteiger partial charge on any atom is 0.161 e. The Bertz CT molecular complexity index is 523. The predicted molar refractivity (Wildman–Crippen MR) is 92.8 cm³/mol. The molecule has 0 aromatic heterocycles. The molecule has 1 aliphatic carbocycles. The summed E-state index contributed by atoms with van der Waals surface area (Å²) in [5.41, 5.74) is 2.60. The minimum atomic E-state index is 0.214. The van der Waals surface area contributed by atoms with Crippen LogP contribution >= 0.6 is 27.7 Å². The molecule has 1 aromatic carbocycles. The number of nitrogens with zero attached hydrogens (tertiary/aromatic N) is 1. The molecule has 0 radical (unpaired) electrons. The van der Waals surface area contributed by atoms with Gasteiger partial charge in [0.25, 0.3) is 0 Å². The van der Waals surface area contributed by atoms with Gasteiger partial charge in [0, 0.05) is 15.9 Å². The zero-order valence-electron chi connectivity index (χ0n) is 12.1. The number of aliphatic imine (C=N–C) groups is 1. The molecule has 4 heteroatoms. The van der Waals surface area contributed by atoms with Crippen molar-refractivity contribution >= 4 is 38.5 Å². The van der Waals surface area contributed by atoms with Crippen LogP contribution in [0.3, 0.4) is 0 Å². The first kappa shape index (κ1) is 14.5. The minimum absolute atomic E-state index is 0.214. The first-order valence-electron chi connectivity index (χ1n) is 7.32. The normalized spacial score (nSPS) is 29.6. The van der Waals surface area contributed by atoms with E-state index in [1.54, 1.807) is 0 Å². The highest BCUT2D eigenvalue weighted by Crippen LogP contribution is 2.42. The predicted octanol–water partition coefficient (Wildman–Crippen LogP) is 5.22. The molecule has 0 bridgehead atoms. The van der Waals surface area contributed by atoms with Gasteiger partial charge >= 0.3 is 0 Å². The average Bonchev–Trinajstić information content (AvgIpc) is 2.70. The summed E-state index contributed by atoms with van der Waals surface area (Å²) in [6, 6.07) is 6.41. The van der Waals surface area contributed by atoms with Crippen LogP contribution in [-0.2, 0) is 0 Å². The first-order chi connectivity index (χ1) is 9.55. The second-order valence-corrected chi connectivity index (χ2v) is 8.15. The fraction of sp³-hybridized carbons (Fsp3) is 0.562. The van der Waals surface area contributed by atoms with Crippen LogP contribution in [0.4, 0.5) is 5.69 Å². The van der Waals surface area contributed by atoms with Gasteiger partial charge in [-0.15, -0.1) is 0 Å². The van der Waals surface area contributed by atoms with Crippen LogP contribution in [0, 0.1) is 12.8 Å². The van der Waals surface area contributed by atoms with Gasteiger partial charge < -0.3 is 5.32 Å². The van der Waals surface area contributed by atoms with Crippen LogP contribution in [0.1, 0.15) is 38.2 Å². The lowest BCUT2D eigenvalue weighted by molar-refractivity contribution is 0.266. The van der Waals surface area contributed by atoms with Gasteiger partial charge in [0.15, 0.2) is 5.17 Å². The van der Waals surface area contributed by atoms with Crippen molar-refractivity contribution in [2.24, 2.45) is 10.9 Å². The van der Waals surface area contributed by atoms with E-state index in [9.17, 15) is 0 Å². The molecule has 20 heavy (non-hydrogen) atoms. The smallest absolute Gasteiger partial charge is 0.161 e. The van der Waals surface area contributed by atoms with E-state index in [0.29, 0.717) is 0 Å². The third-order valence-corrected chi connectivity index (χ3v) is 5.78. The van der Waals surface area contributed by atoms with Crippen molar-refractivity contribution in [1.29, 1.82) is 0 Å². The monoisotopic (exact) mass is 352 g/mol. The lowest BCUT2D eigenvalue weighted by Gasteiger charge is -2.33. The van der Waals surface area contributed by atoms with Crippen LogP contribution in [0.2, 0.25) is 0 Å². The molecule has 2 unspecified atom stereocenters. The fourth-order valence-corrected chi connectivity index (χ4v) is 5.13. The molecule has 2 atom stereocenters. The second kappa shape index (κ2) is 5.72. The van der Waals surface area contributed by atoms with Crippen LogP contribution in [0.15, 0.2) is 27.7 Å². The van der Waals surface area contributed by atoms with E-state index < -0.39 is 0 Å². The molecule has 3 rings (SSSR count). The first-order valence-corrected chi connectivity index (χ1v) is 9.09. The van der Waals surface area contributed by atoms with Crippen molar-refractivity contribution in [2.75, 3.05) is 11.1 Å². The lowest BCUT2D eigenvalue weighted by Crippen LogP contribution is -2.33. The van der Waals surface area contributed by atoms with E-state index in [-0.39, 0.29) is 5.54 Å². The average molecular weight is 353 g/mol. The Morgan fingerprint density at radius 1 is 1.40 bits per heavy atom. The van der Waals surface area contributed by atoms with Crippen LogP contribution < -0.4 is 5.32 Å². The number of amidine groups is 1. The SMILES string of the molecule is Cc1cc(Br)cc(NC2=NC3(CCCC(C)C3)CS2)c1. The molecule has 1 saturated carbocycles. The summed E-state index contributed by atoms with van der Waals surface area (Å²) in [6.07, 6.45) is 5.21. The van der Waals surface area contributed by atoms with Gasteiger partial charge in [-0.05, 0) is 49.4 Å². The Hall–Kier alpha value is -0.480. The maximum atomic E-state index is 5.04.